The molecule has 0 N–H and O–H groups in total. The molecule has 1 unspecified atom stereocenters. The van der Waals surface area contributed by atoms with E-state index >= 15 is 0 Å². The Balaban J connectivity index is 2.23. The van der Waals surface area contributed by atoms with E-state index in [0.29, 0.717) is 12.3 Å². The van der Waals surface area contributed by atoms with Gasteiger partial charge in [-0.25, -0.2) is 0 Å². The van der Waals surface area contributed by atoms with Gasteiger partial charge in [-0.2, -0.15) is 0 Å². The summed E-state index contributed by atoms with van der Waals surface area (Å²) < 4.78 is 5.26. The van der Waals surface area contributed by atoms with Crippen LogP contribution in [-0.2, 0) is 9.59 Å². The van der Waals surface area contributed by atoms with Crippen molar-refractivity contribution in [2.45, 2.75) is 6.42 Å². The van der Waals surface area contributed by atoms with Crippen molar-refractivity contribution in [2.75, 3.05) is 32.6 Å². The molecule has 1 atom stereocenters. The van der Waals surface area contributed by atoms with E-state index < -0.39 is 0 Å². The van der Waals surface area contributed by atoms with E-state index in [1.165, 1.54) is 4.90 Å². The highest BCUT2D eigenvalue weighted by Crippen LogP contribution is 2.32. The summed E-state index contributed by atoms with van der Waals surface area (Å²) in [5, 5.41) is 0. The van der Waals surface area contributed by atoms with Crippen LogP contribution in [0.4, 0.5) is 5.69 Å². The third-order valence-corrected chi connectivity index (χ3v) is 3.29. The van der Waals surface area contributed by atoms with Crippen molar-refractivity contribution in [3.63, 3.8) is 0 Å². The maximum atomic E-state index is 12.1. The van der Waals surface area contributed by atoms with Crippen LogP contribution in [0.5, 0.6) is 5.75 Å². The van der Waals surface area contributed by atoms with Crippen LogP contribution < -0.4 is 9.64 Å². The van der Waals surface area contributed by atoms with Gasteiger partial charge in [-0.3, -0.25) is 9.59 Å². The minimum atomic E-state index is -0.271. The molecular formula is C14H18N2O3. The first-order valence-electron chi connectivity index (χ1n) is 6.19. The Morgan fingerprint density at radius 2 is 2.05 bits per heavy atom. The lowest BCUT2D eigenvalue weighted by molar-refractivity contribution is -0.133. The number of benzene rings is 1. The summed E-state index contributed by atoms with van der Waals surface area (Å²) in [5.41, 5.74) is 0.726. The Hall–Kier alpha value is -2.04. The molecule has 1 saturated heterocycles. The molecule has 0 aromatic heterocycles. The number of hydrogen-bond donors (Lipinski definition) is 0. The molecular weight excluding hydrogens is 244 g/mol. The molecule has 0 spiro atoms. The van der Waals surface area contributed by atoms with Gasteiger partial charge in [0, 0.05) is 27.1 Å². The van der Waals surface area contributed by atoms with E-state index in [0.717, 1.165) is 5.69 Å². The summed E-state index contributed by atoms with van der Waals surface area (Å²) in [6.45, 7) is 0.413. The lowest BCUT2D eigenvalue weighted by atomic mass is 10.1. The zero-order valence-electron chi connectivity index (χ0n) is 11.4. The van der Waals surface area contributed by atoms with Crippen molar-refractivity contribution >= 4 is 17.5 Å². The first kappa shape index (κ1) is 13.4. The molecule has 1 aliphatic heterocycles. The van der Waals surface area contributed by atoms with Gasteiger partial charge in [0.2, 0.25) is 11.8 Å². The molecule has 5 nitrogen and oxygen atoms in total. The predicted molar refractivity (Wildman–Crippen MR) is 72.1 cm³/mol. The van der Waals surface area contributed by atoms with E-state index in [2.05, 4.69) is 0 Å². The van der Waals surface area contributed by atoms with E-state index in [1.54, 1.807) is 26.1 Å². The Kier molecular flexibility index (Phi) is 3.74. The van der Waals surface area contributed by atoms with Crippen molar-refractivity contribution in [1.82, 2.24) is 4.90 Å². The minimum absolute atomic E-state index is 0.00857. The highest BCUT2D eigenvalue weighted by molar-refractivity contribution is 6.01. The number of carbonyl (C=O) groups excluding carboxylic acids is 2. The summed E-state index contributed by atoms with van der Waals surface area (Å²) >= 11 is 0. The van der Waals surface area contributed by atoms with Crippen molar-refractivity contribution in [3.8, 4) is 5.75 Å². The molecule has 1 aromatic rings. The largest absolute Gasteiger partial charge is 0.495 e. The second-order valence-corrected chi connectivity index (χ2v) is 4.81. The molecule has 1 fully saturated rings. The van der Waals surface area contributed by atoms with E-state index in [4.69, 9.17) is 4.74 Å². The van der Waals surface area contributed by atoms with Gasteiger partial charge < -0.3 is 14.5 Å². The summed E-state index contributed by atoms with van der Waals surface area (Å²) in [4.78, 5) is 27.2. The van der Waals surface area contributed by atoms with E-state index in [-0.39, 0.29) is 24.2 Å². The monoisotopic (exact) mass is 262 g/mol. The second-order valence-electron chi connectivity index (χ2n) is 4.81. The lowest BCUT2D eigenvalue weighted by Crippen LogP contribution is -2.32. The molecule has 2 rings (SSSR count). The van der Waals surface area contributed by atoms with Gasteiger partial charge in [0.25, 0.3) is 0 Å². The van der Waals surface area contributed by atoms with Gasteiger partial charge in [0.1, 0.15) is 5.75 Å². The highest BCUT2D eigenvalue weighted by Gasteiger charge is 2.36. The molecule has 5 heteroatoms. The average Bonchev–Trinajstić information content (AvgIpc) is 2.79. The molecule has 0 saturated carbocycles. The Labute approximate surface area is 112 Å². The molecule has 0 radical (unpaired) electrons. The topological polar surface area (TPSA) is 49.9 Å². The van der Waals surface area contributed by atoms with Crippen LogP contribution in [0.15, 0.2) is 24.3 Å². The van der Waals surface area contributed by atoms with Crippen LogP contribution in [0, 0.1) is 5.92 Å². The first-order valence-corrected chi connectivity index (χ1v) is 6.19. The fourth-order valence-corrected chi connectivity index (χ4v) is 2.32. The first-order chi connectivity index (χ1) is 9.04. The normalized spacial score (nSPS) is 18.6. The van der Waals surface area contributed by atoms with Crippen molar-refractivity contribution < 1.29 is 14.3 Å². The molecule has 1 aliphatic rings. The van der Waals surface area contributed by atoms with Crippen LogP contribution in [0.3, 0.4) is 0 Å². The number of anilines is 1. The number of carbonyl (C=O) groups is 2. The maximum Gasteiger partial charge on any atom is 0.227 e. The molecule has 19 heavy (non-hydrogen) atoms. The van der Waals surface area contributed by atoms with Crippen LogP contribution in [0.2, 0.25) is 0 Å². The fraction of sp³-hybridized carbons (Fsp3) is 0.429. The second kappa shape index (κ2) is 5.30. The van der Waals surface area contributed by atoms with Crippen LogP contribution >= 0.6 is 0 Å². The number of amides is 2. The Morgan fingerprint density at radius 3 is 2.68 bits per heavy atom. The summed E-state index contributed by atoms with van der Waals surface area (Å²) in [6, 6.07) is 7.35. The minimum Gasteiger partial charge on any atom is -0.495 e. The lowest BCUT2D eigenvalue weighted by Gasteiger charge is -2.20. The van der Waals surface area contributed by atoms with Gasteiger partial charge in [-0.15, -0.1) is 0 Å². The molecule has 1 aromatic carbocycles. The SMILES string of the molecule is COc1ccccc1N1CC(C(=O)N(C)C)CC1=O. The third kappa shape index (κ3) is 2.54. The number of methoxy groups -OCH3 is 1. The van der Waals surface area contributed by atoms with Gasteiger partial charge in [0.15, 0.2) is 0 Å². The molecule has 0 aliphatic carbocycles. The fourth-order valence-electron chi connectivity index (χ4n) is 2.32. The van der Waals surface area contributed by atoms with Crippen LogP contribution in [0.1, 0.15) is 6.42 Å². The van der Waals surface area contributed by atoms with Gasteiger partial charge >= 0.3 is 0 Å². The summed E-state index contributed by atoms with van der Waals surface area (Å²) in [5.74, 6) is 0.330. The Bertz CT molecular complexity index is 499. The number of hydrogen-bond acceptors (Lipinski definition) is 3. The van der Waals surface area contributed by atoms with Crippen molar-refractivity contribution in [3.05, 3.63) is 24.3 Å². The summed E-state index contributed by atoms with van der Waals surface area (Å²) in [7, 11) is 4.99. The van der Waals surface area contributed by atoms with Crippen molar-refractivity contribution in [1.29, 1.82) is 0 Å². The van der Waals surface area contributed by atoms with Crippen LogP contribution in [0.25, 0.3) is 0 Å². The highest BCUT2D eigenvalue weighted by atomic mass is 16.5. The molecule has 2 amide bonds. The van der Waals surface area contributed by atoms with Gasteiger partial charge in [0.05, 0.1) is 18.7 Å². The molecule has 102 valence electrons. The predicted octanol–water partition coefficient (Wildman–Crippen LogP) is 1.14. The zero-order chi connectivity index (χ0) is 14.0. The molecule has 0 bridgehead atoms. The van der Waals surface area contributed by atoms with Crippen molar-refractivity contribution in [2.24, 2.45) is 5.92 Å². The number of rotatable bonds is 3. The standard InChI is InChI=1S/C14H18N2O3/c1-15(2)14(18)10-8-13(17)16(9-10)11-6-4-5-7-12(11)19-3/h4-7,10H,8-9H2,1-3H3. The maximum absolute atomic E-state index is 12.1. The smallest absolute Gasteiger partial charge is 0.227 e. The number of nitrogens with zero attached hydrogens (tertiary/aromatic N) is 2. The van der Waals surface area contributed by atoms with Crippen LogP contribution in [-0.4, -0.2) is 44.5 Å². The summed E-state index contributed by atoms with van der Waals surface area (Å²) in [6.07, 6.45) is 0.259. The number of ether oxygens (including phenoxy) is 1. The van der Waals surface area contributed by atoms with Gasteiger partial charge in [-0.05, 0) is 12.1 Å². The molecule has 1 heterocycles. The third-order valence-electron chi connectivity index (χ3n) is 3.29. The zero-order valence-corrected chi connectivity index (χ0v) is 11.4. The van der Waals surface area contributed by atoms with E-state index in [1.807, 2.05) is 24.3 Å². The average molecular weight is 262 g/mol. The Morgan fingerprint density at radius 1 is 1.37 bits per heavy atom. The number of para-hydroxylation sites is 2. The van der Waals surface area contributed by atoms with E-state index in [9.17, 15) is 9.59 Å². The quantitative estimate of drug-likeness (QED) is 0.820. The van der Waals surface area contributed by atoms with Gasteiger partial charge in [-0.1, -0.05) is 12.1 Å².